The molecule has 0 saturated carbocycles. The normalized spacial score (nSPS) is 20.4. The Hall–Kier alpha value is -1.18. The van der Waals surface area contributed by atoms with E-state index >= 15 is 0 Å². The molecule has 0 bridgehead atoms. The summed E-state index contributed by atoms with van der Waals surface area (Å²) >= 11 is 0. The second-order valence-electron chi connectivity index (χ2n) is 5.39. The molecule has 1 aliphatic heterocycles. The van der Waals surface area contributed by atoms with Gasteiger partial charge in [0.1, 0.15) is 0 Å². The molecular formula is C13H26N4O3. The molecule has 7 nitrogen and oxygen atoms in total. The van der Waals surface area contributed by atoms with E-state index in [0.29, 0.717) is 13.0 Å². The molecule has 0 radical (unpaired) electrons. The van der Waals surface area contributed by atoms with Gasteiger partial charge in [0.15, 0.2) is 6.10 Å². The number of nitrogens with one attached hydrogen (secondary N) is 1. The summed E-state index contributed by atoms with van der Waals surface area (Å²) in [5.41, 5.74) is 5.09. The third-order valence-electron chi connectivity index (χ3n) is 3.58. The molecule has 2 unspecified atom stereocenters. The highest BCUT2D eigenvalue weighted by atomic mass is 16.3. The summed E-state index contributed by atoms with van der Waals surface area (Å²) in [5.74, 6) is -0.975. The van der Waals surface area contributed by atoms with Crippen molar-refractivity contribution in [3.63, 3.8) is 0 Å². The molecule has 20 heavy (non-hydrogen) atoms. The lowest BCUT2D eigenvalue weighted by molar-refractivity contribution is -0.130. The van der Waals surface area contributed by atoms with E-state index in [4.69, 9.17) is 5.73 Å². The second-order valence-corrected chi connectivity index (χ2v) is 5.39. The standard InChI is InChI=1S/C13H26N4O3/c1-3-4-10(12(19)13(14)20)15-11(18)9-17-7-5-16(2)6-8-17/h10,12,19H,3-9H2,1-2H3,(H2,14,20)(H,15,18). The Balaban J connectivity index is 2.43. The number of nitrogens with zero attached hydrogens (tertiary/aromatic N) is 2. The zero-order valence-electron chi connectivity index (χ0n) is 12.3. The fourth-order valence-electron chi connectivity index (χ4n) is 2.28. The van der Waals surface area contributed by atoms with Gasteiger partial charge in [-0.2, -0.15) is 0 Å². The Labute approximate surface area is 120 Å². The van der Waals surface area contributed by atoms with E-state index in [1.807, 2.05) is 6.92 Å². The summed E-state index contributed by atoms with van der Waals surface area (Å²) in [6.45, 7) is 5.79. The minimum atomic E-state index is -1.33. The van der Waals surface area contributed by atoms with E-state index in [-0.39, 0.29) is 5.91 Å². The zero-order valence-corrected chi connectivity index (χ0v) is 12.3. The van der Waals surface area contributed by atoms with Gasteiger partial charge in [-0.3, -0.25) is 14.5 Å². The van der Waals surface area contributed by atoms with Crippen molar-refractivity contribution in [3.8, 4) is 0 Å². The molecular weight excluding hydrogens is 260 g/mol. The maximum Gasteiger partial charge on any atom is 0.248 e. The van der Waals surface area contributed by atoms with Crippen molar-refractivity contribution in [2.75, 3.05) is 39.8 Å². The topological polar surface area (TPSA) is 98.9 Å². The van der Waals surface area contributed by atoms with Crippen LogP contribution < -0.4 is 11.1 Å². The number of likely N-dealkylation sites (N-methyl/N-ethyl adjacent to an activating group) is 1. The van der Waals surface area contributed by atoms with Crippen LogP contribution >= 0.6 is 0 Å². The molecule has 1 heterocycles. The van der Waals surface area contributed by atoms with Gasteiger partial charge in [-0.1, -0.05) is 13.3 Å². The molecule has 0 spiro atoms. The number of hydrogen-bond acceptors (Lipinski definition) is 5. The first-order chi connectivity index (χ1) is 9.43. The second kappa shape index (κ2) is 8.18. The van der Waals surface area contributed by atoms with Crippen LogP contribution in [0.1, 0.15) is 19.8 Å². The predicted molar refractivity (Wildman–Crippen MR) is 76.0 cm³/mol. The van der Waals surface area contributed by atoms with Crippen LogP contribution in [0.2, 0.25) is 0 Å². The first-order valence-corrected chi connectivity index (χ1v) is 7.11. The molecule has 0 aromatic heterocycles. The van der Waals surface area contributed by atoms with Crippen LogP contribution in [0.15, 0.2) is 0 Å². The molecule has 0 aromatic rings. The molecule has 116 valence electrons. The quantitative estimate of drug-likeness (QED) is 0.522. The highest BCUT2D eigenvalue weighted by Gasteiger charge is 2.26. The fourth-order valence-corrected chi connectivity index (χ4v) is 2.28. The molecule has 4 N–H and O–H groups in total. The van der Waals surface area contributed by atoms with Gasteiger partial charge >= 0.3 is 0 Å². The Bertz CT molecular complexity index is 330. The molecule has 0 aromatic carbocycles. The average molecular weight is 286 g/mol. The number of amides is 2. The number of piperazine rings is 1. The number of carbonyl (C=O) groups excluding carboxylic acids is 2. The molecule has 0 aliphatic carbocycles. The Morgan fingerprint density at radius 1 is 1.30 bits per heavy atom. The molecule has 1 rings (SSSR count). The van der Waals surface area contributed by atoms with Crippen molar-refractivity contribution in [1.29, 1.82) is 0 Å². The zero-order chi connectivity index (χ0) is 15.1. The summed E-state index contributed by atoms with van der Waals surface area (Å²) in [6.07, 6.45) is -0.0473. The molecule has 2 atom stereocenters. The van der Waals surface area contributed by atoms with Crippen LogP contribution in [-0.2, 0) is 9.59 Å². The molecule has 7 heteroatoms. The number of hydrogen-bond donors (Lipinski definition) is 3. The van der Waals surface area contributed by atoms with E-state index in [1.165, 1.54) is 0 Å². The van der Waals surface area contributed by atoms with Gasteiger partial charge in [0.05, 0.1) is 12.6 Å². The van der Waals surface area contributed by atoms with Gasteiger partial charge in [-0.05, 0) is 13.5 Å². The van der Waals surface area contributed by atoms with E-state index in [1.54, 1.807) is 0 Å². The van der Waals surface area contributed by atoms with Crippen molar-refractivity contribution in [1.82, 2.24) is 15.1 Å². The first-order valence-electron chi connectivity index (χ1n) is 7.11. The SMILES string of the molecule is CCCC(NC(=O)CN1CCN(C)CC1)C(O)C(N)=O. The van der Waals surface area contributed by atoms with Crippen molar-refractivity contribution in [2.45, 2.75) is 31.9 Å². The van der Waals surface area contributed by atoms with Crippen molar-refractivity contribution in [3.05, 3.63) is 0 Å². The van der Waals surface area contributed by atoms with Crippen LogP contribution in [0.4, 0.5) is 0 Å². The first kappa shape index (κ1) is 16.9. The summed E-state index contributed by atoms with van der Waals surface area (Å²) < 4.78 is 0. The number of primary amides is 1. The largest absolute Gasteiger partial charge is 0.381 e. The Morgan fingerprint density at radius 3 is 2.40 bits per heavy atom. The smallest absolute Gasteiger partial charge is 0.248 e. The van der Waals surface area contributed by atoms with Crippen LogP contribution in [0, 0.1) is 0 Å². The Morgan fingerprint density at radius 2 is 1.90 bits per heavy atom. The molecule has 1 fully saturated rings. The van der Waals surface area contributed by atoms with Crippen molar-refractivity contribution in [2.24, 2.45) is 5.73 Å². The van der Waals surface area contributed by atoms with Crippen LogP contribution in [0.5, 0.6) is 0 Å². The van der Waals surface area contributed by atoms with E-state index in [2.05, 4.69) is 22.2 Å². The summed E-state index contributed by atoms with van der Waals surface area (Å²) in [6, 6.07) is -0.600. The maximum absolute atomic E-state index is 12.0. The number of aliphatic hydroxyl groups excluding tert-OH is 1. The summed E-state index contributed by atoms with van der Waals surface area (Å²) in [5, 5.41) is 12.4. The van der Waals surface area contributed by atoms with Crippen LogP contribution in [-0.4, -0.2) is 78.6 Å². The summed E-state index contributed by atoms with van der Waals surface area (Å²) in [4.78, 5) is 27.3. The highest BCUT2D eigenvalue weighted by molar-refractivity contribution is 5.82. The number of nitrogens with two attached hydrogens (primary N) is 1. The lowest BCUT2D eigenvalue weighted by Crippen LogP contribution is -2.53. The van der Waals surface area contributed by atoms with E-state index in [0.717, 1.165) is 32.6 Å². The van der Waals surface area contributed by atoms with Gasteiger partial charge in [-0.15, -0.1) is 0 Å². The minimum Gasteiger partial charge on any atom is -0.381 e. The van der Waals surface area contributed by atoms with Crippen LogP contribution in [0.3, 0.4) is 0 Å². The van der Waals surface area contributed by atoms with E-state index in [9.17, 15) is 14.7 Å². The van der Waals surface area contributed by atoms with Gasteiger partial charge in [0, 0.05) is 26.2 Å². The van der Waals surface area contributed by atoms with Crippen LogP contribution in [0.25, 0.3) is 0 Å². The van der Waals surface area contributed by atoms with E-state index < -0.39 is 18.1 Å². The van der Waals surface area contributed by atoms with Gasteiger partial charge < -0.3 is 21.1 Å². The third-order valence-corrected chi connectivity index (χ3v) is 3.58. The average Bonchev–Trinajstić information content (AvgIpc) is 2.40. The minimum absolute atomic E-state index is 0.173. The Kier molecular flexibility index (Phi) is 6.90. The number of rotatable bonds is 7. The monoisotopic (exact) mass is 286 g/mol. The molecule has 2 amide bonds. The molecule has 1 saturated heterocycles. The van der Waals surface area contributed by atoms with Gasteiger partial charge in [-0.25, -0.2) is 0 Å². The summed E-state index contributed by atoms with van der Waals surface area (Å²) in [7, 11) is 2.05. The van der Waals surface area contributed by atoms with Crippen molar-refractivity contribution >= 4 is 11.8 Å². The maximum atomic E-state index is 12.0. The van der Waals surface area contributed by atoms with Crippen molar-refractivity contribution < 1.29 is 14.7 Å². The molecule has 1 aliphatic rings. The highest BCUT2D eigenvalue weighted by Crippen LogP contribution is 2.04. The third kappa shape index (κ3) is 5.44. The lowest BCUT2D eigenvalue weighted by Gasteiger charge is -2.32. The number of aliphatic hydroxyl groups is 1. The fraction of sp³-hybridized carbons (Fsp3) is 0.846. The predicted octanol–water partition coefficient (Wildman–Crippen LogP) is -1.64. The number of carbonyl (C=O) groups is 2. The van der Waals surface area contributed by atoms with Gasteiger partial charge in [0.25, 0.3) is 0 Å². The lowest BCUT2D eigenvalue weighted by atomic mass is 10.1. The van der Waals surface area contributed by atoms with Gasteiger partial charge in [0.2, 0.25) is 11.8 Å².